The topological polar surface area (TPSA) is 29.1 Å². The first-order chi connectivity index (χ1) is 4.75. The molecule has 1 rings (SSSR count). The summed E-state index contributed by atoms with van der Waals surface area (Å²) in [6, 6.07) is 0.430. The molecule has 2 atom stereocenters. The van der Waals surface area contributed by atoms with E-state index < -0.39 is 0 Å². The van der Waals surface area contributed by atoms with E-state index in [9.17, 15) is 4.79 Å². The highest BCUT2D eigenvalue weighted by atomic mass is 16.2. The van der Waals surface area contributed by atoms with Crippen molar-refractivity contribution >= 4 is 5.91 Å². The van der Waals surface area contributed by atoms with Gasteiger partial charge in [-0.2, -0.15) is 0 Å². The lowest BCUT2D eigenvalue weighted by atomic mass is 9.87. The van der Waals surface area contributed by atoms with Gasteiger partial charge in [-0.3, -0.25) is 4.79 Å². The first-order valence-corrected chi connectivity index (χ1v) is 4.06. The van der Waals surface area contributed by atoms with Crippen LogP contribution in [-0.2, 0) is 4.79 Å². The molecule has 1 N–H and O–H groups in total. The minimum Gasteiger partial charge on any atom is -0.353 e. The molecule has 1 aliphatic heterocycles. The van der Waals surface area contributed by atoms with Gasteiger partial charge in [0, 0.05) is 6.04 Å². The van der Waals surface area contributed by atoms with Crippen LogP contribution in [0.5, 0.6) is 0 Å². The van der Waals surface area contributed by atoms with Gasteiger partial charge in [-0.1, -0.05) is 19.8 Å². The van der Waals surface area contributed by atoms with Crippen LogP contribution < -0.4 is 5.32 Å². The Bertz CT molecular complexity index is 133. The Morgan fingerprint density at radius 1 is 1.60 bits per heavy atom. The summed E-state index contributed by atoms with van der Waals surface area (Å²) in [5.74, 6) is 0.570. The zero-order valence-electron chi connectivity index (χ0n) is 6.68. The Morgan fingerprint density at radius 2 is 2.30 bits per heavy atom. The molecular formula is C8H15NO. The number of amides is 1. The van der Waals surface area contributed by atoms with Gasteiger partial charge >= 0.3 is 0 Å². The molecule has 1 amide bonds. The van der Waals surface area contributed by atoms with Crippen LogP contribution in [0.1, 0.15) is 33.1 Å². The van der Waals surface area contributed by atoms with Gasteiger partial charge < -0.3 is 5.32 Å². The maximum atomic E-state index is 10.8. The van der Waals surface area contributed by atoms with E-state index >= 15 is 0 Å². The molecule has 1 fully saturated rings. The summed E-state index contributed by atoms with van der Waals surface area (Å²) >= 11 is 0. The van der Waals surface area contributed by atoms with Crippen LogP contribution in [0.25, 0.3) is 0 Å². The second-order valence-electron chi connectivity index (χ2n) is 3.05. The van der Waals surface area contributed by atoms with E-state index in [0.29, 0.717) is 12.0 Å². The first-order valence-electron chi connectivity index (χ1n) is 4.06. The Balaban J connectivity index is 2.20. The van der Waals surface area contributed by atoms with Gasteiger partial charge in [-0.25, -0.2) is 0 Å². The second kappa shape index (κ2) is 3.04. The molecule has 0 aromatic rings. The molecule has 10 heavy (non-hydrogen) atoms. The third kappa shape index (κ3) is 1.31. The lowest BCUT2D eigenvalue weighted by Gasteiger charge is -2.33. The fourth-order valence-corrected chi connectivity index (χ4v) is 1.37. The summed E-state index contributed by atoms with van der Waals surface area (Å²) in [6.07, 6.45) is 3.45. The Hall–Kier alpha value is -0.530. The predicted octanol–water partition coefficient (Wildman–Crippen LogP) is 1.31. The van der Waals surface area contributed by atoms with Gasteiger partial charge in [0.15, 0.2) is 0 Å². The van der Waals surface area contributed by atoms with Crippen molar-refractivity contribution in [2.24, 2.45) is 5.92 Å². The first kappa shape index (κ1) is 7.58. The fraction of sp³-hybridized carbons (Fsp3) is 0.875. The number of hydrogen-bond donors (Lipinski definition) is 1. The molecule has 0 spiro atoms. The number of carbonyl (C=O) groups excluding carboxylic acids is 1. The van der Waals surface area contributed by atoms with Crippen LogP contribution in [0.15, 0.2) is 0 Å². The molecular weight excluding hydrogens is 126 g/mol. The molecule has 0 unspecified atom stereocenters. The molecule has 58 valence electrons. The van der Waals surface area contributed by atoms with Crippen LogP contribution >= 0.6 is 0 Å². The number of unbranched alkanes of at least 4 members (excludes halogenated alkanes) is 1. The van der Waals surface area contributed by atoms with Crippen molar-refractivity contribution in [1.82, 2.24) is 5.32 Å². The predicted molar refractivity (Wildman–Crippen MR) is 40.6 cm³/mol. The van der Waals surface area contributed by atoms with Crippen molar-refractivity contribution in [3.8, 4) is 0 Å². The third-order valence-electron chi connectivity index (χ3n) is 2.18. The van der Waals surface area contributed by atoms with Crippen molar-refractivity contribution in [2.75, 3.05) is 0 Å². The van der Waals surface area contributed by atoms with Crippen LogP contribution in [0.2, 0.25) is 0 Å². The van der Waals surface area contributed by atoms with Crippen molar-refractivity contribution in [2.45, 2.75) is 39.2 Å². The Morgan fingerprint density at radius 3 is 2.70 bits per heavy atom. The van der Waals surface area contributed by atoms with Crippen molar-refractivity contribution in [3.63, 3.8) is 0 Å². The van der Waals surface area contributed by atoms with E-state index in [4.69, 9.17) is 0 Å². The molecule has 0 bridgehead atoms. The summed E-state index contributed by atoms with van der Waals surface area (Å²) < 4.78 is 0. The summed E-state index contributed by atoms with van der Waals surface area (Å²) in [6.45, 7) is 4.23. The highest BCUT2D eigenvalue weighted by molar-refractivity contribution is 5.85. The molecule has 0 saturated carbocycles. The molecule has 1 heterocycles. The van der Waals surface area contributed by atoms with Gasteiger partial charge in [0.25, 0.3) is 0 Å². The van der Waals surface area contributed by atoms with Crippen molar-refractivity contribution in [3.05, 3.63) is 0 Å². The monoisotopic (exact) mass is 141 g/mol. The van der Waals surface area contributed by atoms with Crippen LogP contribution in [-0.4, -0.2) is 11.9 Å². The average molecular weight is 141 g/mol. The number of nitrogens with one attached hydrogen (secondary N) is 1. The quantitative estimate of drug-likeness (QED) is 0.590. The van der Waals surface area contributed by atoms with Gasteiger partial charge in [0.2, 0.25) is 5.91 Å². The minimum absolute atomic E-state index is 0.251. The SMILES string of the molecule is CCCC[C@H]1C(=O)N[C@H]1C. The number of hydrogen-bond acceptors (Lipinski definition) is 1. The van der Waals surface area contributed by atoms with Gasteiger partial charge in [0.05, 0.1) is 5.92 Å². The second-order valence-corrected chi connectivity index (χ2v) is 3.05. The van der Waals surface area contributed by atoms with E-state index in [2.05, 4.69) is 19.2 Å². The normalized spacial score (nSPS) is 31.2. The zero-order valence-corrected chi connectivity index (χ0v) is 6.68. The van der Waals surface area contributed by atoms with E-state index in [0.717, 1.165) is 6.42 Å². The van der Waals surface area contributed by atoms with E-state index in [-0.39, 0.29) is 5.91 Å². The van der Waals surface area contributed by atoms with Gasteiger partial charge in [-0.05, 0) is 13.3 Å². The highest BCUT2D eigenvalue weighted by Crippen LogP contribution is 2.20. The van der Waals surface area contributed by atoms with Crippen LogP contribution in [0.3, 0.4) is 0 Å². The average Bonchev–Trinajstić information content (AvgIpc) is 1.89. The molecule has 0 aliphatic carbocycles. The lowest BCUT2D eigenvalue weighted by molar-refractivity contribution is -0.134. The van der Waals surface area contributed by atoms with E-state index in [1.165, 1.54) is 12.8 Å². The van der Waals surface area contributed by atoms with E-state index in [1.54, 1.807) is 0 Å². The summed E-state index contributed by atoms with van der Waals surface area (Å²) in [7, 11) is 0. The lowest BCUT2D eigenvalue weighted by Crippen LogP contribution is -2.56. The molecule has 1 aliphatic rings. The minimum atomic E-state index is 0.251. The third-order valence-corrected chi connectivity index (χ3v) is 2.18. The number of carbonyl (C=O) groups is 1. The molecule has 0 radical (unpaired) electrons. The Kier molecular flexibility index (Phi) is 2.30. The summed E-state index contributed by atoms with van der Waals surface area (Å²) in [4.78, 5) is 10.8. The summed E-state index contributed by atoms with van der Waals surface area (Å²) in [5.41, 5.74) is 0. The van der Waals surface area contributed by atoms with Crippen LogP contribution in [0, 0.1) is 5.92 Å². The molecule has 2 nitrogen and oxygen atoms in total. The molecule has 0 aromatic carbocycles. The largest absolute Gasteiger partial charge is 0.353 e. The molecule has 1 saturated heterocycles. The fourth-order valence-electron chi connectivity index (χ4n) is 1.37. The maximum absolute atomic E-state index is 10.8. The van der Waals surface area contributed by atoms with Crippen molar-refractivity contribution in [1.29, 1.82) is 0 Å². The zero-order chi connectivity index (χ0) is 7.56. The molecule has 2 heteroatoms. The number of β-lactam (4-membered cyclic amide) rings is 1. The summed E-state index contributed by atoms with van der Waals surface area (Å²) in [5, 5.41) is 2.83. The van der Waals surface area contributed by atoms with E-state index in [1.807, 2.05) is 0 Å². The van der Waals surface area contributed by atoms with Crippen molar-refractivity contribution < 1.29 is 4.79 Å². The standard InChI is InChI=1S/C8H15NO/c1-3-4-5-7-6(2)9-8(7)10/h6-7H,3-5H2,1-2H3,(H,9,10)/t6-,7+/m0/s1. The molecule has 0 aromatic heterocycles. The maximum Gasteiger partial charge on any atom is 0.225 e. The van der Waals surface area contributed by atoms with Gasteiger partial charge in [-0.15, -0.1) is 0 Å². The smallest absolute Gasteiger partial charge is 0.225 e. The number of rotatable bonds is 3. The van der Waals surface area contributed by atoms with Gasteiger partial charge in [0.1, 0.15) is 0 Å². The highest BCUT2D eigenvalue weighted by Gasteiger charge is 2.34. The Labute approximate surface area is 62.0 Å². The van der Waals surface area contributed by atoms with Crippen LogP contribution in [0.4, 0.5) is 0 Å².